The van der Waals surface area contributed by atoms with Crippen molar-refractivity contribution in [2.75, 3.05) is 37.3 Å². The predicted octanol–water partition coefficient (Wildman–Crippen LogP) is 1.39. The average Bonchev–Trinajstić information content (AvgIpc) is 2.45. The average molecular weight is 272 g/mol. The number of anilines is 2. The lowest BCUT2D eigenvalue weighted by Gasteiger charge is -2.32. The Labute approximate surface area is 119 Å². The van der Waals surface area contributed by atoms with E-state index in [2.05, 4.69) is 11.0 Å². The van der Waals surface area contributed by atoms with Crippen LogP contribution in [0.25, 0.3) is 0 Å². The number of hydrogen-bond donors (Lipinski definition) is 1. The molecule has 0 spiro atoms. The van der Waals surface area contributed by atoms with Crippen molar-refractivity contribution in [3.05, 3.63) is 23.8 Å². The minimum atomic E-state index is 0.0375. The van der Waals surface area contributed by atoms with Crippen LogP contribution in [-0.4, -0.2) is 37.5 Å². The van der Waals surface area contributed by atoms with Gasteiger partial charge < -0.3 is 15.5 Å². The Hall–Kier alpha value is -2.22. The molecule has 1 aliphatic rings. The van der Waals surface area contributed by atoms with Crippen LogP contribution in [0, 0.1) is 11.3 Å². The van der Waals surface area contributed by atoms with Crippen molar-refractivity contribution in [2.45, 2.75) is 19.3 Å². The Morgan fingerprint density at radius 3 is 3.10 bits per heavy atom. The highest BCUT2D eigenvalue weighted by Gasteiger charge is 2.21. The summed E-state index contributed by atoms with van der Waals surface area (Å²) in [6.07, 6.45) is 2.35. The molecule has 0 atom stereocenters. The zero-order valence-electron chi connectivity index (χ0n) is 11.8. The molecule has 1 heterocycles. The summed E-state index contributed by atoms with van der Waals surface area (Å²) in [7, 11) is 1.74. The topological polar surface area (TPSA) is 73.4 Å². The highest BCUT2D eigenvalue weighted by molar-refractivity contribution is 5.82. The van der Waals surface area contributed by atoms with Crippen LogP contribution < -0.4 is 10.6 Å². The number of hydrogen-bond acceptors (Lipinski definition) is 4. The number of amides is 1. The Morgan fingerprint density at radius 2 is 2.35 bits per heavy atom. The lowest BCUT2D eigenvalue weighted by Crippen LogP contribution is -2.41. The zero-order chi connectivity index (χ0) is 14.5. The first-order valence-electron chi connectivity index (χ1n) is 6.86. The van der Waals surface area contributed by atoms with E-state index >= 15 is 0 Å². The van der Waals surface area contributed by atoms with E-state index in [9.17, 15) is 4.79 Å². The molecule has 1 aromatic rings. The Kier molecular flexibility index (Phi) is 4.46. The molecule has 0 bridgehead atoms. The minimum Gasteiger partial charge on any atom is -0.398 e. The number of carbonyl (C=O) groups is 1. The van der Waals surface area contributed by atoms with E-state index < -0.39 is 0 Å². The maximum atomic E-state index is 12.2. The number of nitrogen functional groups attached to an aromatic ring is 1. The van der Waals surface area contributed by atoms with Gasteiger partial charge >= 0.3 is 0 Å². The molecule has 2 N–H and O–H groups in total. The third kappa shape index (κ3) is 3.02. The summed E-state index contributed by atoms with van der Waals surface area (Å²) >= 11 is 0. The van der Waals surface area contributed by atoms with Gasteiger partial charge in [-0.2, -0.15) is 5.26 Å². The van der Waals surface area contributed by atoms with Gasteiger partial charge in [0.1, 0.15) is 0 Å². The van der Waals surface area contributed by atoms with Crippen molar-refractivity contribution >= 4 is 17.3 Å². The van der Waals surface area contributed by atoms with Gasteiger partial charge in [0.05, 0.1) is 19.0 Å². The fraction of sp³-hybridized carbons (Fsp3) is 0.467. The van der Waals surface area contributed by atoms with Gasteiger partial charge in [-0.1, -0.05) is 6.07 Å². The van der Waals surface area contributed by atoms with Gasteiger partial charge in [-0.05, 0) is 30.5 Å². The number of rotatable bonds is 4. The van der Waals surface area contributed by atoms with Crippen LogP contribution in [0.2, 0.25) is 0 Å². The maximum Gasteiger partial charge on any atom is 0.241 e. The molecule has 0 aliphatic carbocycles. The van der Waals surface area contributed by atoms with Gasteiger partial charge in [0.2, 0.25) is 5.91 Å². The van der Waals surface area contributed by atoms with Crippen LogP contribution in [0.5, 0.6) is 0 Å². The van der Waals surface area contributed by atoms with Crippen molar-refractivity contribution in [2.24, 2.45) is 0 Å². The van der Waals surface area contributed by atoms with Crippen LogP contribution in [-0.2, 0) is 11.2 Å². The SMILES string of the molecule is CN(CCC#N)C(=O)CN1CCCc2c(N)cccc21. The van der Waals surface area contributed by atoms with E-state index in [0.717, 1.165) is 36.3 Å². The molecular formula is C15H20N4O. The molecule has 20 heavy (non-hydrogen) atoms. The van der Waals surface area contributed by atoms with Crippen molar-refractivity contribution in [1.29, 1.82) is 5.26 Å². The number of benzene rings is 1. The summed E-state index contributed by atoms with van der Waals surface area (Å²) < 4.78 is 0. The molecule has 0 unspecified atom stereocenters. The number of likely N-dealkylation sites (N-methyl/N-ethyl adjacent to an activating group) is 1. The van der Waals surface area contributed by atoms with Crippen LogP contribution in [0.3, 0.4) is 0 Å². The fourth-order valence-corrected chi connectivity index (χ4v) is 2.52. The van der Waals surface area contributed by atoms with Crippen molar-refractivity contribution < 1.29 is 4.79 Å². The third-order valence-corrected chi connectivity index (χ3v) is 3.69. The number of nitrogens with zero attached hydrogens (tertiary/aromatic N) is 3. The van der Waals surface area contributed by atoms with Crippen molar-refractivity contribution in [1.82, 2.24) is 4.90 Å². The number of nitrogens with two attached hydrogens (primary N) is 1. The summed E-state index contributed by atoms with van der Waals surface area (Å²) in [5, 5.41) is 8.57. The molecule has 5 nitrogen and oxygen atoms in total. The summed E-state index contributed by atoms with van der Waals surface area (Å²) in [5.41, 5.74) is 9.02. The molecule has 1 aliphatic heterocycles. The number of carbonyl (C=O) groups excluding carboxylic acids is 1. The van der Waals surface area contributed by atoms with Gasteiger partial charge in [0, 0.05) is 31.5 Å². The van der Waals surface area contributed by atoms with Crippen molar-refractivity contribution in [3.63, 3.8) is 0 Å². The minimum absolute atomic E-state index is 0.0375. The summed E-state index contributed by atoms with van der Waals surface area (Å²) in [6, 6.07) is 7.91. The molecule has 106 valence electrons. The first-order valence-corrected chi connectivity index (χ1v) is 6.86. The van der Waals surface area contributed by atoms with E-state index in [0.29, 0.717) is 19.5 Å². The zero-order valence-corrected chi connectivity index (χ0v) is 11.8. The molecule has 0 aromatic heterocycles. The fourth-order valence-electron chi connectivity index (χ4n) is 2.52. The quantitative estimate of drug-likeness (QED) is 0.841. The normalized spacial score (nSPS) is 13.5. The van der Waals surface area contributed by atoms with E-state index in [1.54, 1.807) is 11.9 Å². The summed E-state index contributed by atoms with van der Waals surface area (Å²) in [4.78, 5) is 15.9. The summed E-state index contributed by atoms with van der Waals surface area (Å²) in [6.45, 7) is 1.69. The van der Waals surface area contributed by atoms with Gasteiger partial charge in [-0.15, -0.1) is 0 Å². The largest absolute Gasteiger partial charge is 0.398 e. The van der Waals surface area contributed by atoms with Crippen LogP contribution in [0.15, 0.2) is 18.2 Å². The molecule has 0 saturated carbocycles. The monoisotopic (exact) mass is 272 g/mol. The maximum absolute atomic E-state index is 12.2. The standard InChI is InChI=1S/C15H20N4O/c1-18(9-4-8-16)15(20)11-19-10-3-5-12-13(17)6-2-7-14(12)19/h2,6-7H,3-5,9-11,17H2,1H3. The molecular weight excluding hydrogens is 252 g/mol. The van der Waals surface area contributed by atoms with Gasteiger partial charge in [-0.3, -0.25) is 4.79 Å². The third-order valence-electron chi connectivity index (χ3n) is 3.69. The smallest absolute Gasteiger partial charge is 0.241 e. The second-order valence-corrected chi connectivity index (χ2v) is 5.09. The van der Waals surface area contributed by atoms with Crippen LogP contribution >= 0.6 is 0 Å². The van der Waals surface area contributed by atoms with Crippen LogP contribution in [0.4, 0.5) is 11.4 Å². The predicted molar refractivity (Wildman–Crippen MR) is 79.3 cm³/mol. The van der Waals surface area contributed by atoms with Gasteiger partial charge in [0.25, 0.3) is 0 Å². The highest BCUT2D eigenvalue weighted by Crippen LogP contribution is 2.30. The van der Waals surface area contributed by atoms with E-state index in [1.165, 1.54) is 0 Å². The molecule has 0 radical (unpaired) electrons. The molecule has 0 fully saturated rings. The second kappa shape index (κ2) is 6.29. The van der Waals surface area contributed by atoms with E-state index in [-0.39, 0.29) is 5.91 Å². The first kappa shape index (κ1) is 14.2. The van der Waals surface area contributed by atoms with E-state index in [1.807, 2.05) is 18.2 Å². The van der Waals surface area contributed by atoms with Gasteiger partial charge in [-0.25, -0.2) is 0 Å². The summed E-state index contributed by atoms with van der Waals surface area (Å²) in [5.74, 6) is 0.0375. The Bertz CT molecular complexity index is 535. The molecule has 0 saturated heterocycles. The lowest BCUT2D eigenvalue weighted by atomic mass is 10.00. The van der Waals surface area contributed by atoms with Crippen molar-refractivity contribution in [3.8, 4) is 6.07 Å². The molecule has 1 amide bonds. The molecule has 1 aromatic carbocycles. The van der Waals surface area contributed by atoms with Crippen LogP contribution in [0.1, 0.15) is 18.4 Å². The number of fused-ring (bicyclic) bond motifs is 1. The Morgan fingerprint density at radius 1 is 1.55 bits per heavy atom. The Balaban J connectivity index is 2.07. The second-order valence-electron chi connectivity index (χ2n) is 5.09. The van der Waals surface area contributed by atoms with E-state index in [4.69, 9.17) is 11.0 Å². The molecule has 5 heteroatoms. The number of nitriles is 1. The highest BCUT2D eigenvalue weighted by atomic mass is 16.2. The van der Waals surface area contributed by atoms with Gasteiger partial charge in [0.15, 0.2) is 0 Å². The lowest BCUT2D eigenvalue weighted by molar-refractivity contribution is -0.128. The molecule has 2 rings (SSSR count). The first-order chi connectivity index (χ1) is 9.63.